The molecule has 0 bridgehead atoms. The van der Waals surface area contributed by atoms with Gasteiger partial charge in [-0.3, -0.25) is 9.78 Å². The Labute approximate surface area is 192 Å². The van der Waals surface area contributed by atoms with Crippen LogP contribution in [-0.2, 0) is 35.5 Å². The molecule has 1 fully saturated rings. The molecule has 0 N–H and O–H groups in total. The van der Waals surface area contributed by atoms with E-state index in [0.29, 0.717) is 45.3 Å². The van der Waals surface area contributed by atoms with Gasteiger partial charge in [0.05, 0.1) is 31.2 Å². The number of fused-ring (bicyclic) bond motifs is 3. The van der Waals surface area contributed by atoms with E-state index in [0.717, 1.165) is 41.1 Å². The molecule has 2 aromatic heterocycles. The molecular formula is C26H28N2O5. The van der Waals surface area contributed by atoms with E-state index in [4.69, 9.17) is 18.9 Å². The predicted molar refractivity (Wildman–Crippen MR) is 124 cm³/mol. The molecule has 0 amide bonds. The van der Waals surface area contributed by atoms with E-state index < -0.39 is 0 Å². The third kappa shape index (κ3) is 4.65. The summed E-state index contributed by atoms with van der Waals surface area (Å²) >= 11 is 0. The standard InChI is InChI=1S/C26H28N2O5/c1-2-22-24(33-17-21-16-30-11-12-31-21)14-25(29)28-10-8-18-13-20(6-7-23(18)26(22)28)32-15-19-5-3-4-9-27-19/h3-7,9,13-14,21H,2,8,10-12,15-17H2,1H3. The van der Waals surface area contributed by atoms with Gasteiger partial charge in [-0.05, 0) is 48.7 Å². The SMILES string of the molecule is CCc1c(OCC2COCCO2)cc(=O)n2c1-c1ccc(OCc3ccccn3)cc1CC2. The number of hydrogen-bond acceptors (Lipinski definition) is 6. The summed E-state index contributed by atoms with van der Waals surface area (Å²) in [7, 11) is 0. The molecule has 2 aliphatic heterocycles. The van der Waals surface area contributed by atoms with Crippen molar-refractivity contribution in [1.82, 2.24) is 9.55 Å². The number of aromatic nitrogens is 2. The molecule has 4 heterocycles. The van der Waals surface area contributed by atoms with E-state index in [2.05, 4.69) is 24.0 Å². The number of ether oxygens (including phenoxy) is 4. The molecule has 1 unspecified atom stereocenters. The summed E-state index contributed by atoms with van der Waals surface area (Å²) in [5.41, 5.74) is 5.05. The minimum atomic E-state index is -0.117. The molecule has 7 nitrogen and oxygen atoms in total. The normalized spacial score (nSPS) is 17.2. The van der Waals surface area contributed by atoms with Crippen molar-refractivity contribution in [2.75, 3.05) is 26.4 Å². The van der Waals surface area contributed by atoms with Gasteiger partial charge in [0, 0.05) is 29.9 Å². The van der Waals surface area contributed by atoms with Gasteiger partial charge in [-0.25, -0.2) is 0 Å². The van der Waals surface area contributed by atoms with Crippen molar-refractivity contribution < 1.29 is 18.9 Å². The third-order valence-electron chi connectivity index (χ3n) is 6.09. The van der Waals surface area contributed by atoms with Crippen LogP contribution in [0.25, 0.3) is 11.3 Å². The maximum absolute atomic E-state index is 12.9. The van der Waals surface area contributed by atoms with E-state index in [-0.39, 0.29) is 11.7 Å². The zero-order valence-electron chi connectivity index (χ0n) is 18.8. The Kier molecular flexibility index (Phi) is 6.41. The van der Waals surface area contributed by atoms with Gasteiger partial charge >= 0.3 is 0 Å². The van der Waals surface area contributed by atoms with Crippen molar-refractivity contribution >= 4 is 0 Å². The van der Waals surface area contributed by atoms with E-state index in [1.807, 2.05) is 28.8 Å². The summed E-state index contributed by atoms with van der Waals surface area (Å²) in [6, 6.07) is 13.5. The lowest BCUT2D eigenvalue weighted by Gasteiger charge is -2.27. The van der Waals surface area contributed by atoms with Crippen LogP contribution in [0.15, 0.2) is 53.5 Å². The highest BCUT2D eigenvalue weighted by molar-refractivity contribution is 5.72. The highest BCUT2D eigenvalue weighted by atomic mass is 16.6. The lowest BCUT2D eigenvalue weighted by molar-refractivity contribution is -0.101. The zero-order chi connectivity index (χ0) is 22.6. The van der Waals surface area contributed by atoms with Crippen molar-refractivity contribution in [1.29, 1.82) is 0 Å². The smallest absolute Gasteiger partial charge is 0.254 e. The molecule has 1 aromatic carbocycles. The lowest BCUT2D eigenvalue weighted by atomic mass is 9.93. The Hall–Kier alpha value is -3.16. The Morgan fingerprint density at radius 1 is 1.15 bits per heavy atom. The average Bonchev–Trinajstić information content (AvgIpc) is 2.87. The molecule has 0 radical (unpaired) electrons. The molecule has 3 aromatic rings. The fourth-order valence-corrected chi connectivity index (χ4v) is 4.45. The minimum absolute atomic E-state index is 0.0425. The molecule has 5 rings (SSSR count). The van der Waals surface area contributed by atoms with Crippen LogP contribution in [0, 0.1) is 0 Å². The van der Waals surface area contributed by atoms with Gasteiger partial charge in [0.2, 0.25) is 0 Å². The van der Waals surface area contributed by atoms with Gasteiger partial charge in [0.25, 0.3) is 5.56 Å². The first-order valence-electron chi connectivity index (χ1n) is 11.5. The monoisotopic (exact) mass is 448 g/mol. The van der Waals surface area contributed by atoms with Gasteiger partial charge in [0.15, 0.2) is 0 Å². The topological polar surface area (TPSA) is 71.8 Å². The van der Waals surface area contributed by atoms with Gasteiger partial charge in [-0.1, -0.05) is 13.0 Å². The number of pyridine rings is 2. The Morgan fingerprint density at radius 2 is 2.09 bits per heavy atom. The molecule has 33 heavy (non-hydrogen) atoms. The maximum atomic E-state index is 12.9. The van der Waals surface area contributed by atoms with E-state index in [1.54, 1.807) is 12.3 Å². The van der Waals surface area contributed by atoms with Crippen LogP contribution in [0.2, 0.25) is 0 Å². The summed E-state index contributed by atoms with van der Waals surface area (Å²) in [5, 5.41) is 0. The van der Waals surface area contributed by atoms with Crippen molar-refractivity contribution in [2.45, 2.75) is 39.0 Å². The molecule has 0 saturated carbocycles. The quantitative estimate of drug-likeness (QED) is 0.552. The Balaban J connectivity index is 1.42. The number of aryl methyl sites for hydroxylation is 1. The highest BCUT2D eigenvalue weighted by Gasteiger charge is 2.24. The zero-order valence-corrected chi connectivity index (χ0v) is 18.8. The predicted octanol–water partition coefficient (Wildman–Crippen LogP) is 3.40. The number of benzene rings is 1. The second kappa shape index (κ2) is 9.77. The maximum Gasteiger partial charge on any atom is 0.254 e. The average molecular weight is 449 g/mol. The van der Waals surface area contributed by atoms with Gasteiger partial charge in [-0.2, -0.15) is 0 Å². The summed E-state index contributed by atoms with van der Waals surface area (Å²) in [4.78, 5) is 17.2. The van der Waals surface area contributed by atoms with Crippen molar-refractivity contribution in [3.8, 4) is 22.8 Å². The lowest BCUT2D eigenvalue weighted by Crippen LogP contribution is -2.34. The molecular weight excluding hydrogens is 420 g/mol. The first-order valence-corrected chi connectivity index (χ1v) is 11.5. The summed E-state index contributed by atoms with van der Waals surface area (Å²) < 4.78 is 25.1. The molecule has 0 spiro atoms. The third-order valence-corrected chi connectivity index (χ3v) is 6.09. The van der Waals surface area contributed by atoms with Crippen molar-refractivity contribution in [3.63, 3.8) is 0 Å². The van der Waals surface area contributed by atoms with E-state index >= 15 is 0 Å². The molecule has 7 heteroatoms. The van der Waals surface area contributed by atoms with Crippen LogP contribution in [0.5, 0.6) is 11.5 Å². The second-order valence-electron chi connectivity index (χ2n) is 8.24. The molecule has 1 saturated heterocycles. The molecule has 2 aliphatic rings. The van der Waals surface area contributed by atoms with Crippen LogP contribution in [0.4, 0.5) is 0 Å². The largest absolute Gasteiger partial charge is 0.490 e. The Morgan fingerprint density at radius 3 is 2.88 bits per heavy atom. The first kappa shape index (κ1) is 21.7. The van der Waals surface area contributed by atoms with E-state index in [1.165, 1.54) is 5.56 Å². The van der Waals surface area contributed by atoms with Gasteiger partial charge < -0.3 is 23.5 Å². The molecule has 172 valence electrons. The van der Waals surface area contributed by atoms with Crippen LogP contribution >= 0.6 is 0 Å². The van der Waals surface area contributed by atoms with Crippen molar-refractivity contribution in [3.05, 3.63) is 75.8 Å². The molecule has 0 aliphatic carbocycles. The first-order chi connectivity index (χ1) is 16.2. The fourth-order valence-electron chi connectivity index (χ4n) is 4.45. The van der Waals surface area contributed by atoms with Crippen LogP contribution in [-0.4, -0.2) is 42.1 Å². The fraction of sp³-hybridized carbons (Fsp3) is 0.385. The summed E-state index contributed by atoms with van der Waals surface area (Å²) in [5.74, 6) is 1.43. The summed E-state index contributed by atoms with van der Waals surface area (Å²) in [6.07, 6.45) is 3.18. The Bertz CT molecular complexity index is 1170. The van der Waals surface area contributed by atoms with Gasteiger partial charge in [-0.15, -0.1) is 0 Å². The van der Waals surface area contributed by atoms with Crippen molar-refractivity contribution in [2.24, 2.45) is 0 Å². The van der Waals surface area contributed by atoms with Crippen LogP contribution < -0.4 is 15.0 Å². The minimum Gasteiger partial charge on any atom is -0.490 e. The van der Waals surface area contributed by atoms with Crippen LogP contribution in [0.1, 0.15) is 23.7 Å². The number of nitrogens with zero attached hydrogens (tertiary/aromatic N) is 2. The second-order valence-corrected chi connectivity index (χ2v) is 8.24. The van der Waals surface area contributed by atoms with Crippen LogP contribution in [0.3, 0.4) is 0 Å². The number of hydrogen-bond donors (Lipinski definition) is 0. The summed E-state index contributed by atoms with van der Waals surface area (Å²) in [6.45, 7) is 5.20. The molecule has 1 atom stereocenters. The van der Waals surface area contributed by atoms with Gasteiger partial charge in [0.1, 0.15) is 30.8 Å². The number of rotatable bonds is 7. The van der Waals surface area contributed by atoms with E-state index in [9.17, 15) is 4.79 Å². The highest BCUT2D eigenvalue weighted by Crippen LogP contribution is 2.37.